The number of hydrogen-bond donors (Lipinski definition) is 0. The first-order valence-corrected chi connectivity index (χ1v) is 10.6. The van der Waals surface area contributed by atoms with Crippen LogP contribution in [0.5, 0.6) is 0 Å². The molecular weight excluding hydrogens is 417 g/mol. The van der Waals surface area contributed by atoms with Crippen molar-refractivity contribution in [3.8, 4) is 0 Å². The van der Waals surface area contributed by atoms with Gasteiger partial charge in [0.05, 0.1) is 0 Å². The van der Waals surface area contributed by atoms with E-state index in [-0.39, 0.29) is 32.4 Å². The molecule has 0 N–H and O–H groups in total. The van der Waals surface area contributed by atoms with E-state index in [9.17, 15) is 9.59 Å². The fourth-order valence-electron chi connectivity index (χ4n) is 3.57. The van der Waals surface area contributed by atoms with Crippen molar-refractivity contribution >= 4 is 36.7 Å². The molecule has 0 saturated carbocycles. The van der Waals surface area contributed by atoms with Gasteiger partial charge < -0.3 is 0 Å². The van der Waals surface area contributed by atoms with E-state index in [1.807, 2.05) is 66.7 Å². The summed E-state index contributed by atoms with van der Waals surface area (Å²) in [6.45, 7) is 0. The van der Waals surface area contributed by atoms with Gasteiger partial charge in [0.2, 0.25) is 0 Å². The summed E-state index contributed by atoms with van der Waals surface area (Å²) >= 11 is -0.169. The zero-order valence-corrected chi connectivity index (χ0v) is 17.3. The summed E-state index contributed by atoms with van der Waals surface area (Å²) in [5.41, 5.74) is 1.06. The molecule has 1 aliphatic carbocycles. The second-order valence-electron chi connectivity index (χ2n) is 6.59. The van der Waals surface area contributed by atoms with Crippen LogP contribution in [0.1, 0.15) is 5.56 Å². The molecule has 0 bridgehead atoms. The zero-order chi connectivity index (χ0) is 19.7. The number of hydrogen-bond acceptors (Lipinski definition) is 3. The van der Waals surface area contributed by atoms with Gasteiger partial charge in [-0.15, -0.1) is 0 Å². The molecule has 1 atom stereocenters. The second kappa shape index (κ2) is 7.27. The van der Waals surface area contributed by atoms with E-state index in [0.29, 0.717) is 0 Å². The Labute approximate surface area is 170 Å². The molecule has 2 aromatic rings. The normalized spacial score (nSPS) is 21.5. The van der Waals surface area contributed by atoms with Crippen molar-refractivity contribution < 1.29 is 14.3 Å². The van der Waals surface area contributed by atoms with Crippen molar-refractivity contribution in [2.24, 2.45) is 0 Å². The van der Waals surface area contributed by atoms with Crippen LogP contribution >= 0.6 is 0 Å². The molecular formula is C23H19NO3Se. The van der Waals surface area contributed by atoms with Gasteiger partial charge >= 0.3 is 170 Å². The third kappa shape index (κ3) is 2.93. The zero-order valence-electron chi connectivity index (χ0n) is 15.6. The van der Waals surface area contributed by atoms with Crippen LogP contribution in [0, 0.1) is 0 Å². The van der Waals surface area contributed by atoms with Gasteiger partial charge in [0.1, 0.15) is 0 Å². The Balaban J connectivity index is 1.95. The summed E-state index contributed by atoms with van der Waals surface area (Å²) in [5.74, 6) is 0.0425. The Morgan fingerprint density at radius 2 is 1.61 bits per heavy atom. The van der Waals surface area contributed by atoms with Gasteiger partial charge in [0.15, 0.2) is 0 Å². The molecule has 5 heteroatoms. The molecule has 140 valence electrons. The summed E-state index contributed by atoms with van der Waals surface area (Å²) in [5, 5.41) is 0. The topological polar surface area (TPSA) is 46.6 Å². The standard InChI is InChI=1S/C23H19NO3Se/c1-24-22(26)21(28-17-11-7-4-8-12-17)20(16-9-5-3-6-10-16)23(24)14-13-18(25)19(15-23)27-2/h3-15H,1-2H3/t23-/m0/s1. The molecule has 28 heavy (non-hydrogen) atoms. The van der Waals surface area contributed by atoms with Crippen LogP contribution in [0.4, 0.5) is 0 Å². The van der Waals surface area contributed by atoms with Crippen LogP contribution < -0.4 is 4.46 Å². The number of benzene rings is 2. The number of likely N-dealkylation sites (N-methyl/N-ethyl adjacent to an activating group) is 1. The molecule has 1 spiro atoms. The minimum absolute atomic E-state index is 0.0200. The molecule has 0 aromatic heterocycles. The summed E-state index contributed by atoms with van der Waals surface area (Å²) in [6, 6.07) is 19.9. The van der Waals surface area contributed by atoms with Crippen LogP contribution in [-0.4, -0.2) is 51.2 Å². The minimum atomic E-state index is -0.830. The van der Waals surface area contributed by atoms with E-state index in [1.54, 1.807) is 18.0 Å². The van der Waals surface area contributed by atoms with E-state index in [1.165, 1.54) is 13.2 Å². The number of amides is 1. The Kier molecular flexibility index (Phi) is 4.80. The van der Waals surface area contributed by atoms with Crippen LogP contribution in [-0.2, 0) is 14.3 Å². The maximum absolute atomic E-state index is 13.3. The second-order valence-corrected chi connectivity index (χ2v) is 8.86. The SMILES string of the molecule is COC1=C[C@@]2(C=CC1=O)C(c1ccccc1)=C([Se]c1ccccc1)C(=O)N2C. The maximum atomic E-state index is 13.3. The van der Waals surface area contributed by atoms with Gasteiger partial charge in [-0.1, -0.05) is 0 Å². The molecule has 4 nitrogen and oxygen atoms in total. The Bertz CT molecular complexity index is 1020. The van der Waals surface area contributed by atoms with Crippen LogP contribution in [0.15, 0.2) is 89.1 Å². The van der Waals surface area contributed by atoms with Crippen molar-refractivity contribution in [2.45, 2.75) is 5.54 Å². The van der Waals surface area contributed by atoms with E-state index < -0.39 is 5.54 Å². The van der Waals surface area contributed by atoms with Gasteiger partial charge in [-0.3, -0.25) is 0 Å². The molecule has 0 radical (unpaired) electrons. The van der Waals surface area contributed by atoms with Crippen LogP contribution in [0.3, 0.4) is 0 Å². The molecule has 1 amide bonds. The summed E-state index contributed by atoms with van der Waals surface area (Å²) in [7, 11) is 3.26. The van der Waals surface area contributed by atoms with E-state index in [4.69, 9.17) is 4.74 Å². The van der Waals surface area contributed by atoms with Gasteiger partial charge in [-0.2, -0.15) is 0 Å². The third-order valence-electron chi connectivity index (χ3n) is 5.01. The van der Waals surface area contributed by atoms with Crippen LogP contribution in [0.2, 0.25) is 0 Å². The van der Waals surface area contributed by atoms with Crippen molar-refractivity contribution in [1.82, 2.24) is 4.90 Å². The monoisotopic (exact) mass is 437 g/mol. The predicted molar refractivity (Wildman–Crippen MR) is 110 cm³/mol. The fraction of sp³-hybridized carbons (Fsp3) is 0.130. The summed E-state index contributed by atoms with van der Waals surface area (Å²) < 4.78 is 7.23. The summed E-state index contributed by atoms with van der Waals surface area (Å²) in [6.07, 6.45) is 5.08. The molecule has 0 saturated heterocycles. The Morgan fingerprint density at radius 3 is 2.25 bits per heavy atom. The molecule has 4 rings (SSSR count). The Morgan fingerprint density at radius 1 is 0.964 bits per heavy atom. The van der Waals surface area contributed by atoms with Gasteiger partial charge in [-0.25, -0.2) is 0 Å². The van der Waals surface area contributed by atoms with Crippen molar-refractivity contribution in [2.75, 3.05) is 14.2 Å². The molecule has 1 heterocycles. The number of carbonyl (C=O) groups is 2. The average molecular weight is 436 g/mol. The fourth-order valence-corrected chi connectivity index (χ4v) is 5.96. The number of nitrogens with zero attached hydrogens (tertiary/aromatic N) is 1. The Hall–Kier alpha value is -2.88. The molecule has 0 fully saturated rings. The van der Waals surface area contributed by atoms with E-state index in [0.717, 1.165) is 20.1 Å². The molecule has 2 aromatic carbocycles. The van der Waals surface area contributed by atoms with Gasteiger partial charge in [-0.05, 0) is 0 Å². The first-order valence-electron chi connectivity index (χ1n) is 8.88. The van der Waals surface area contributed by atoms with E-state index >= 15 is 0 Å². The van der Waals surface area contributed by atoms with Crippen LogP contribution in [0.25, 0.3) is 5.57 Å². The quantitative estimate of drug-likeness (QED) is 0.692. The third-order valence-corrected chi connectivity index (χ3v) is 7.30. The number of carbonyl (C=O) groups excluding carboxylic acids is 2. The summed E-state index contributed by atoms with van der Waals surface area (Å²) in [4.78, 5) is 27.2. The van der Waals surface area contributed by atoms with E-state index in [2.05, 4.69) is 0 Å². The first-order chi connectivity index (χ1) is 13.6. The predicted octanol–water partition coefficient (Wildman–Crippen LogP) is 2.31. The molecule has 2 aliphatic rings. The van der Waals surface area contributed by atoms with Crippen molar-refractivity contribution in [3.05, 3.63) is 94.7 Å². The number of allylic oxidation sites excluding steroid dienone is 1. The van der Waals surface area contributed by atoms with Crippen molar-refractivity contribution in [1.29, 1.82) is 0 Å². The average Bonchev–Trinajstić information content (AvgIpc) is 2.93. The van der Waals surface area contributed by atoms with Crippen molar-refractivity contribution in [3.63, 3.8) is 0 Å². The number of ketones is 1. The number of rotatable bonds is 4. The van der Waals surface area contributed by atoms with Gasteiger partial charge in [0, 0.05) is 0 Å². The van der Waals surface area contributed by atoms with Gasteiger partial charge in [0.25, 0.3) is 0 Å². The first kappa shape index (κ1) is 18.5. The molecule has 0 unspecified atom stereocenters. The number of methoxy groups -OCH3 is 1. The number of ether oxygens (including phenoxy) is 1. The molecule has 1 aliphatic heterocycles.